The van der Waals surface area contributed by atoms with Crippen LogP contribution in [0.1, 0.15) is 18.9 Å². The summed E-state index contributed by atoms with van der Waals surface area (Å²) >= 11 is 0. The first kappa shape index (κ1) is 13.0. The summed E-state index contributed by atoms with van der Waals surface area (Å²) in [6, 6.07) is 0.511. The summed E-state index contributed by atoms with van der Waals surface area (Å²) in [6.07, 6.45) is 0. The van der Waals surface area contributed by atoms with E-state index in [1.807, 2.05) is 0 Å². The third kappa shape index (κ3) is 2.40. The molecule has 19 heavy (non-hydrogen) atoms. The Morgan fingerprint density at radius 3 is 2.53 bits per heavy atom. The minimum atomic E-state index is -1.33. The Kier molecular flexibility index (Phi) is 3.21. The van der Waals surface area contributed by atoms with Gasteiger partial charge in [0.15, 0.2) is 11.6 Å². The number of hydrogen-bond acceptors (Lipinski definition) is 6. The quantitative estimate of drug-likeness (QED) is 0.674. The normalized spacial score (nSPS) is 12.4. The van der Waals surface area contributed by atoms with Gasteiger partial charge in [-0.25, -0.2) is 8.78 Å². The molecule has 9 heteroatoms. The van der Waals surface area contributed by atoms with Gasteiger partial charge >= 0.3 is 0 Å². The van der Waals surface area contributed by atoms with E-state index in [1.165, 1.54) is 0 Å². The van der Waals surface area contributed by atoms with Crippen molar-refractivity contribution in [1.82, 2.24) is 10.2 Å². The van der Waals surface area contributed by atoms with Gasteiger partial charge in [-0.1, -0.05) is 0 Å². The fourth-order valence-electron chi connectivity index (χ4n) is 1.39. The lowest BCUT2D eigenvalue weighted by molar-refractivity contribution is -0.384. The van der Waals surface area contributed by atoms with Crippen molar-refractivity contribution in [1.29, 1.82) is 0 Å². The zero-order chi connectivity index (χ0) is 14.2. The first-order valence-corrected chi connectivity index (χ1v) is 5.13. The van der Waals surface area contributed by atoms with Crippen molar-refractivity contribution in [3.63, 3.8) is 0 Å². The molecule has 2 rings (SSSR count). The lowest BCUT2D eigenvalue weighted by atomic mass is 10.1. The standard InChI is InChI=1S/C10H8F2N4O3/c1-4(13)9-14-15-10(19-9)5-2-6(11)7(12)3-8(5)16(17)18/h2-4H,13H2,1H3. The molecule has 1 unspecified atom stereocenters. The highest BCUT2D eigenvalue weighted by Gasteiger charge is 2.24. The minimum Gasteiger partial charge on any atom is -0.419 e. The van der Waals surface area contributed by atoms with Gasteiger partial charge in [-0.2, -0.15) is 0 Å². The first-order valence-electron chi connectivity index (χ1n) is 5.13. The number of aromatic nitrogens is 2. The summed E-state index contributed by atoms with van der Waals surface area (Å²) < 4.78 is 31.2. The largest absolute Gasteiger partial charge is 0.419 e. The van der Waals surface area contributed by atoms with Crippen molar-refractivity contribution < 1.29 is 18.1 Å². The Balaban J connectivity index is 2.59. The molecule has 0 amide bonds. The number of nitro groups is 1. The molecule has 1 heterocycles. The van der Waals surface area contributed by atoms with Gasteiger partial charge in [0.05, 0.1) is 17.0 Å². The highest BCUT2D eigenvalue weighted by Crippen LogP contribution is 2.31. The molecule has 0 aliphatic carbocycles. The Hall–Kier alpha value is -2.42. The Labute approximate surface area is 105 Å². The number of nitrogens with two attached hydrogens (primary N) is 1. The van der Waals surface area contributed by atoms with Crippen LogP contribution >= 0.6 is 0 Å². The zero-order valence-corrected chi connectivity index (χ0v) is 9.63. The molecule has 2 N–H and O–H groups in total. The molecule has 0 saturated heterocycles. The van der Waals surface area contributed by atoms with Crippen molar-refractivity contribution in [3.05, 3.63) is 39.8 Å². The van der Waals surface area contributed by atoms with Crippen LogP contribution in [-0.2, 0) is 0 Å². The molecule has 2 aromatic rings. The fraction of sp³-hybridized carbons (Fsp3) is 0.200. The highest BCUT2D eigenvalue weighted by molar-refractivity contribution is 5.66. The maximum Gasteiger partial charge on any atom is 0.285 e. The predicted octanol–water partition coefficient (Wildman–Crippen LogP) is 1.94. The van der Waals surface area contributed by atoms with Crippen LogP contribution in [0.5, 0.6) is 0 Å². The maximum atomic E-state index is 13.2. The summed E-state index contributed by atoms with van der Waals surface area (Å²) in [4.78, 5) is 9.93. The number of benzene rings is 1. The molecule has 1 aromatic carbocycles. The molecule has 0 saturated carbocycles. The third-order valence-electron chi connectivity index (χ3n) is 2.30. The second-order valence-corrected chi connectivity index (χ2v) is 3.77. The maximum absolute atomic E-state index is 13.2. The summed E-state index contributed by atoms with van der Waals surface area (Å²) in [6.45, 7) is 1.57. The molecular formula is C10H8F2N4O3. The number of rotatable bonds is 3. The van der Waals surface area contributed by atoms with Crippen molar-refractivity contribution >= 4 is 5.69 Å². The molecule has 1 aromatic heterocycles. The Morgan fingerprint density at radius 2 is 2.00 bits per heavy atom. The van der Waals surface area contributed by atoms with Crippen molar-refractivity contribution in [2.45, 2.75) is 13.0 Å². The predicted molar refractivity (Wildman–Crippen MR) is 58.9 cm³/mol. The number of hydrogen-bond donors (Lipinski definition) is 1. The fourth-order valence-corrected chi connectivity index (χ4v) is 1.39. The highest BCUT2D eigenvalue weighted by atomic mass is 19.2. The molecule has 100 valence electrons. The van der Waals surface area contributed by atoms with Crippen LogP contribution in [-0.4, -0.2) is 15.1 Å². The lowest BCUT2D eigenvalue weighted by Crippen LogP contribution is -2.04. The molecule has 0 radical (unpaired) electrons. The van der Waals surface area contributed by atoms with Crippen LogP contribution in [0.15, 0.2) is 16.5 Å². The molecule has 0 bridgehead atoms. The van der Waals surface area contributed by atoms with Gasteiger partial charge in [0.2, 0.25) is 5.89 Å². The molecular weight excluding hydrogens is 262 g/mol. The molecule has 0 spiro atoms. The van der Waals surface area contributed by atoms with Crippen molar-refractivity contribution in [3.8, 4) is 11.5 Å². The Bertz CT molecular complexity index is 642. The van der Waals surface area contributed by atoms with Gasteiger partial charge in [-0.15, -0.1) is 10.2 Å². The van der Waals surface area contributed by atoms with E-state index in [9.17, 15) is 18.9 Å². The Morgan fingerprint density at radius 1 is 1.37 bits per heavy atom. The summed E-state index contributed by atoms with van der Waals surface area (Å²) in [7, 11) is 0. The zero-order valence-electron chi connectivity index (χ0n) is 9.63. The van der Waals surface area contributed by atoms with Gasteiger partial charge < -0.3 is 10.2 Å². The van der Waals surface area contributed by atoms with Crippen LogP contribution in [0.3, 0.4) is 0 Å². The van der Waals surface area contributed by atoms with Gasteiger partial charge in [0.25, 0.3) is 11.6 Å². The van der Waals surface area contributed by atoms with Crippen molar-refractivity contribution in [2.24, 2.45) is 5.73 Å². The van der Waals surface area contributed by atoms with Gasteiger partial charge in [-0.05, 0) is 13.0 Å². The second-order valence-electron chi connectivity index (χ2n) is 3.77. The van der Waals surface area contributed by atoms with Crippen LogP contribution < -0.4 is 5.73 Å². The van der Waals surface area contributed by atoms with Gasteiger partial charge in [0.1, 0.15) is 5.56 Å². The van der Waals surface area contributed by atoms with E-state index >= 15 is 0 Å². The summed E-state index contributed by atoms with van der Waals surface area (Å²) in [5.74, 6) is -2.84. The van der Waals surface area contributed by atoms with E-state index in [0.717, 1.165) is 0 Å². The van der Waals surface area contributed by atoms with Crippen LogP contribution in [0.2, 0.25) is 0 Å². The summed E-state index contributed by atoms with van der Waals surface area (Å²) in [5.41, 5.74) is 4.52. The van der Waals surface area contributed by atoms with Crippen LogP contribution in [0.4, 0.5) is 14.5 Å². The molecule has 0 fully saturated rings. The monoisotopic (exact) mass is 270 g/mol. The first-order chi connectivity index (χ1) is 8.90. The van der Waals surface area contributed by atoms with Gasteiger partial charge in [-0.3, -0.25) is 10.1 Å². The lowest BCUT2D eigenvalue weighted by Gasteiger charge is -2.00. The molecule has 0 aliphatic rings. The third-order valence-corrected chi connectivity index (χ3v) is 2.30. The summed E-state index contributed by atoms with van der Waals surface area (Å²) in [5, 5.41) is 17.9. The molecule has 7 nitrogen and oxygen atoms in total. The average Bonchev–Trinajstić information content (AvgIpc) is 2.81. The van der Waals surface area contributed by atoms with Crippen LogP contribution in [0.25, 0.3) is 11.5 Å². The van der Waals surface area contributed by atoms with E-state index in [-0.39, 0.29) is 17.3 Å². The van der Waals surface area contributed by atoms with Gasteiger partial charge in [0, 0.05) is 0 Å². The smallest absolute Gasteiger partial charge is 0.285 e. The SMILES string of the molecule is CC(N)c1nnc(-c2cc(F)c(F)cc2[N+](=O)[O-])o1. The second kappa shape index (κ2) is 4.69. The van der Waals surface area contributed by atoms with E-state index in [2.05, 4.69) is 10.2 Å². The molecule has 0 aliphatic heterocycles. The van der Waals surface area contributed by atoms with Crippen LogP contribution in [0, 0.1) is 21.7 Å². The van der Waals surface area contributed by atoms with E-state index < -0.39 is 28.3 Å². The minimum absolute atomic E-state index is 0.0361. The topological polar surface area (TPSA) is 108 Å². The average molecular weight is 270 g/mol. The van der Waals surface area contributed by atoms with E-state index in [1.54, 1.807) is 6.92 Å². The van der Waals surface area contributed by atoms with E-state index in [0.29, 0.717) is 12.1 Å². The van der Waals surface area contributed by atoms with E-state index in [4.69, 9.17) is 10.2 Å². The van der Waals surface area contributed by atoms with Crippen molar-refractivity contribution in [2.75, 3.05) is 0 Å². The number of nitrogens with zero attached hydrogens (tertiary/aromatic N) is 3. The number of nitro benzene ring substituents is 1. The number of halogens is 2. The molecule has 1 atom stereocenters.